The molecular formula is C16H16ClNO4. The van der Waals surface area contributed by atoms with E-state index in [1.807, 2.05) is 0 Å². The summed E-state index contributed by atoms with van der Waals surface area (Å²) in [6, 6.07) is 4.99. The Kier molecular flexibility index (Phi) is 3.50. The van der Waals surface area contributed by atoms with Crippen molar-refractivity contribution in [2.45, 2.75) is 6.42 Å². The second-order valence-electron chi connectivity index (χ2n) is 6.12. The van der Waals surface area contributed by atoms with Gasteiger partial charge in [-0.2, -0.15) is 0 Å². The minimum atomic E-state index is -0.988. The fourth-order valence-electron chi connectivity index (χ4n) is 3.07. The maximum absolute atomic E-state index is 12.7. The highest BCUT2D eigenvalue weighted by molar-refractivity contribution is 6.35. The molecule has 1 fully saturated rings. The third-order valence-electron chi connectivity index (χ3n) is 4.21. The molecule has 1 N–H and O–H groups in total. The number of nitrogens with zero attached hydrogens (tertiary/aromatic N) is 1. The molecular weight excluding hydrogens is 306 g/mol. The van der Waals surface area contributed by atoms with Crippen LogP contribution in [0.2, 0.25) is 5.02 Å². The number of Topliss-reactive ketones (excluding diaryl/α,β-unsaturated/α-hetero) is 1. The molecule has 1 aliphatic rings. The van der Waals surface area contributed by atoms with E-state index in [1.165, 1.54) is 6.26 Å². The lowest BCUT2D eigenvalue weighted by atomic mass is 9.97. The zero-order valence-corrected chi connectivity index (χ0v) is 13.1. The van der Waals surface area contributed by atoms with Crippen LogP contribution in [0.4, 0.5) is 0 Å². The van der Waals surface area contributed by atoms with Crippen molar-refractivity contribution >= 4 is 34.3 Å². The van der Waals surface area contributed by atoms with E-state index in [0.717, 1.165) is 5.39 Å². The van der Waals surface area contributed by atoms with Gasteiger partial charge in [0.05, 0.1) is 16.7 Å². The first kappa shape index (κ1) is 15.1. The van der Waals surface area contributed by atoms with E-state index in [0.29, 0.717) is 29.1 Å². The summed E-state index contributed by atoms with van der Waals surface area (Å²) in [5.74, 6) is -1.60. The van der Waals surface area contributed by atoms with Gasteiger partial charge in [-0.15, -0.1) is 0 Å². The number of rotatable bonds is 5. The number of carboxylic acid groups (broad SMARTS) is 1. The van der Waals surface area contributed by atoms with Crippen molar-refractivity contribution in [2.24, 2.45) is 11.3 Å². The smallest absolute Gasteiger partial charge is 0.311 e. The third kappa shape index (κ3) is 2.30. The summed E-state index contributed by atoms with van der Waals surface area (Å²) in [6.45, 7) is 0.348. The predicted octanol–water partition coefficient (Wildman–Crippen LogP) is 2.92. The van der Waals surface area contributed by atoms with Crippen molar-refractivity contribution in [3.05, 3.63) is 35.0 Å². The molecule has 22 heavy (non-hydrogen) atoms. The van der Waals surface area contributed by atoms with E-state index in [9.17, 15) is 14.7 Å². The summed E-state index contributed by atoms with van der Waals surface area (Å²) in [5.41, 5.74) is -0.0177. The summed E-state index contributed by atoms with van der Waals surface area (Å²) in [5, 5.41) is 10.6. The Bertz CT molecular complexity index is 767. The number of fused-ring (bicyclic) bond motifs is 1. The first-order valence-corrected chi connectivity index (χ1v) is 7.32. The molecule has 1 aliphatic carbocycles. The molecule has 6 heteroatoms. The van der Waals surface area contributed by atoms with E-state index in [2.05, 4.69) is 0 Å². The summed E-state index contributed by atoms with van der Waals surface area (Å²) >= 11 is 6.12. The largest absolute Gasteiger partial charge is 0.481 e. The Balaban J connectivity index is 1.92. The summed E-state index contributed by atoms with van der Waals surface area (Å²) in [6.07, 6.45) is 1.87. The molecule has 0 bridgehead atoms. The first-order valence-electron chi connectivity index (χ1n) is 6.94. The van der Waals surface area contributed by atoms with Gasteiger partial charge in [-0.1, -0.05) is 11.6 Å². The first-order chi connectivity index (χ1) is 10.3. The number of carbonyl (C=O) groups is 2. The Labute approximate surface area is 132 Å². The van der Waals surface area contributed by atoms with Gasteiger partial charge in [-0.25, -0.2) is 0 Å². The van der Waals surface area contributed by atoms with Crippen LogP contribution in [0.3, 0.4) is 0 Å². The molecule has 0 spiro atoms. The number of aliphatic carboxylic acids is 1. The standard InChI is InChI=1S/C16H16ClNO4/c1-18(2)8-16(15(20)21)7-11(16)13(19)10-5-9-3-4-22-14(9)12(17)6-10/h3-6,11H,7-8H2,1-2H3,(H,20,21). The SMILES string of the molecule is CN(C)CC1(C(=O)O)CC1C(=O)c1cc(Cl)c2occc2c1. The van der Waals surface area contributed by atoms with Gasteiger partial charge in [-0.05, 0) is 38.7 Å². The van der Waals surface area contributed by atoms with Crippen LogP contribution in [0.15, 0.2) is 28.9 Å². The molecule has 2 atom stereocenters. The lowest BCUT2D eigenvalue weighted by Crippen LogP contribution is -2.32. The summed E-state index contributed by atoms with van der Waals surface area (Å²) in [4.78, 5) is 26.0. The van der Waals surface area contributed by atoms with Crippen molar-refractivity contribution in [3.63, 3.8) is 0 Å². The number of furan rings is 1. The lowest BCUT2D eigenvalue weighted by molar-refractivity contribution is -0.144. The van der Waals surface area contributed by atoms with Crippen LogP contribution in [0.25, 0.3) is 11.0 Å². The van der Waals surface area contributed by atoms with Gasteiger partial charge < -0.3 is 14.4 Å². The van der Waals surface area contributed by atoms with E-state index in [4.69, 9.17) is 16.0 Å². The number of hydrogen-bond acceptors (Lipinski definition) is 4. The molecule has 3 rings (SSSR count). The summed E-state index contributed by atoms with van der Waals surface area (Å²) < 4.78 is 5.25. The van der Waals surface area contributed by atoms with Crippen LogP contribution in [0.5, 0.6) is 0 Å². The lowest BCUT2D eigenvalue weighted by Gasteiger charge is -2.17. The van der Waals surface area contributed by atoms with Crippen LogP contribution in [0, 0.1) is 11.3 Å². The molecule has 0 aliphatic heterocycles. The van der Waals surface area contributed by atoms with Crippen molar-refractivity contribution in [3.8, 4) is 0 Å². The molecule has 0 amide bonds. The van der Waals surface area contributed by atoms with Crippen LogP contribution in [0.1, 0.15) is 16.8 Å². The van der Waals surface area contributed by atoms with E-state index >= 15 is 0 Å². The molecule has 2 aromatic rings. The molecule has 0 radical (unpaired) electrons. The number of carbonyl (C=O) groups excluding carboxylic acids is 1. The molecule has 0 saturated heterocycles. The minimum Gasteiger partial charge on any atom is -0.481 e. The Morgan fingerprint density at radius 2 is 2.18 bits per heavy atom. The quantitative estimate of drug-likeness (QED) is 0.857. The average Bonchev–Trinajstić information content (AvgIpc) is 2.94. The highest BCUT2D eigenvalue weighted by Gasteiger charge is 2.63. The monoisotopic (exact) mass is 321 g/mol. The highest BCUT2D eigenvalue weighted by Crippen LogP contribution is 2.54. The van der Waals surface area contributed by atoms with Crippen molar-refractivity contribution in [2.75, 3.05) is 20.6 Å². The van der Waals surface area contributed by atoms with Crippen molar-refractivity contribution in [1.82, 2.24) is 4.90 Å². The number of halogens is 1. The van der Waals surface area contributed by atoms with Crippen LogP contribution in [-0.2, 0) is 4.79 Å². The van der Waals surface area contributed by atoms with Gasteiger partial charge in [0.25, 0.3) is 0 Å². The highest BCUT2D eigenvalue weighted by atomic mass is 35.5. The van der Waals surface area contributed by atoms with Gasteiger partial charge in [0.1, 0.15) is 0 Å². The topological polar surface area (TPSA) is 70.8 Å². The molecule has 1 heterocycles. The fraction of sp³-hybridized carbons (Fsp3) is 0.375. The van der Waals surface area contributed by atoms with Crippen LogP contribution < -0.4 is 0 Å². The molecule has 1 aromatic heterocycles. The van der Waals surface area contributed by atoms with Gasteiger partial charge in [0.15, 0.2) is 11.4 Å². The molecule has 1 saturated carbocycles. The number of carboxylic acids is 1. The summed E-state index contributed by atoms with van der Waals surface area (Å²) in [7, 11) is 3.61. The Morgan fingerprint density at radius 1 is 1.45 bits per heavy atom. The molecule has 5 nitrogen and oxygen atoms in total. The molecule has 116 valence electrons. The second-order valence-corrected chi connectivity index (χ2v) is 6.52. The van der Waals surface area contributed by atoms with Gasteiger partial charge in [-0.3, -0.25) is 9.59 Å². The Morgan fingerprint density at radius 3 is 2.82 bits per heavy atom. The predicted molar refractivity (Wildman–Crippen MR) is 82.3 cm³/mol. The second kappa shape index (κ2) is 5.11. The number of ketones is 1. The zero-order valence-electron chi connectivity index (χ0n) is 12.3. The maximum atomic E-state index is 12.7. The molecule has 2 unspecified atom stereocenters. The Hall–Kier alpha value is -1.85. The van der Waals surface area contributed by atoms with E-state index < -0.39 is 17.3 Å². The maximum Gasteiger partial charge on any atom is 0.311 e. The average molecular weight is 322 g/mol. The zero-order chi connectivity index (χ0) is 16.1. The van der Waals surface area contributed by atoms with E-state index in [1.54, 1.807) is 37.2 Å². The normalized spacial score (nSPS) is 23.9. The van der Waals surface area contributed by atoms with Gasteiger partial charge in [0.2, 0.25) is 0 Å². The van der Waals surface area contributed by atoms with Crippen LogP contribution >= 0.6 is 11.6 Å². The number of hydrogen-bond donors (Lipinski definition) is 1. The number of benzene rings is 1. The fourth-order valence-corrected chi connectivity index (χ4v) is 3.34. The van der Waals surface area contributed by atoms with Crippen LogP contribution in [-0.4, -0.2) is 42.4 Å². The third-order valence-corrected chi connectivity index (χ3v) is 4.49. The van der Waals surface area contributed by atoms with E-state index in [-0.39, 0.29) is 5.78 Å². The van der Waals surface area contributed by atoms with Gasteiger partial charge >= 0.3 is 5.97 Å². The molecule has 1 aromatic carbocycles. The van der Waals surface area contributed by atoms with Crippen molar-refractivity contribution < 1.29 is 19.1 Å². The minimum absolute atomic E-state index is 0.172. The van der Waals surface area contributed by atoms with Gasteiger partial charge in [0, 0.05) is 23.4 Å². The van der Waals surface area contributed by atoms with Crippen molar-refractivity contribution in [1.29, 1.82) is 0 Å².